The molecule has 0 bridgehead atoms. The van der Waals surface area contributed by atoms with Crippen LogP contribution < -0.4 is 5.48 Å². The van der Waals surface area contributed by atoms with E-state index in [-0.39, 0.29) is 6.04 Å². The Balaban J connectivity index is 1.64. The molecule has 0 fully saturated rings. The van der Waals surface area contributed by atoms with Gasteiger partial charge in [-0.3, -0.25) is 0 Å². The quantitative estimate of drug-likeness (QED) is 0.665. The molecule has 0 aliphatic heterocycles. The molecule has 3 aromatic rings. The lowest BCUT2D eigenvalue weighted by Gasteiger charge is -2.26. The summed E-state index contributed by atoms with van der Waals surface area (Å²) in [5, 5.41) is 12.1. The molecule has 0 saturated carbocycles. The molecule has 0 saturated heterocycles. The molecule has 0 spiro atoms. The third-order valence-corrected chi connectivity index (χ3v) is 5.20. The van der Waals surface area contributed by atoms with E-state index in [2.05, 4.69) is 66.1 Å². The van der Waals surface area contributed by atoms with Crippen molar-refractivity contribution in [2.75, 3.05) is 0 Å². The largest absolute Gasteiger partial charge is 0.316 e. The second-order valence-corrected chi connectivity index (χ2v) is 6.75. The number of hydrogen-bond acceptors (Lipinski definition) is 2. The summed E-state index contributed by atoms with van der Waals surface area (Å²) in [5.74, 6) is 0. The van der Waals surface area contributed by atoms with Crippen LogP contribution in [0.2, 0.25) is 0 Å². The average molecular weight is 317 g/mol. The molecule has 1 aliphatic rings. The highest BCUT2D eigenvalue weighted by Gasteiger charge is 2.21. The molecule has 1 unspecified atom stereocenters. The van der Waals surface area contributed by atoms with Crippen LogP contribution in [0.4, 0.5) is 0 Å². The van der Waals surface area contributed by atoms with Crippen molar-refractivity contribution in [3.05, 3.63) is 82.9 Å². The third kappa shape index (κ3) is 2.95. The lowest BCUT2D eigenvalue weighted by molar-refractivity contribution is 0.118. The highest BCUT2D eigenvalue weighted by Crippen LogP contribution is 2.35. The Kier molecular flexibility index (Phi) is 4.33. The maximum Gasteiger partial charge on any atom is 0.0577 e. The molecule has 24 heavy (non-hydrogen) atoms. The van der Waals surface area contributed by atoms with Gasteiger partial charge in [0.15, 0.2) is 0 Å². The van der Waals surface area contributed by atoms with Gasteiger partial charge in [-0.15, -0.1) is 0 Å². The minimum Gasteiger partial charge on any atom is -0.316 e. The van der Waals surface area contributed by atoms with E-state index in [0.29, 0.717) is 0 Å². The lowest BCUT2D eigenvalue weighted by atomic mass is 9.84. The van der Waals surface area contributed by atoms with Crippen LogP contribution in [0.25, 0.3) is 10.8 Å². The smallest absolute Gasteiger partial charge is 0.0577 e. The van der Waals surface area contributed by atoms with Crippen LogP contribution in [0.5, 0.6) is 0 Å². The van der Waals surface area contributed by atoms with Crippen molar-refractivity contribution in [2.45, 2.75) is 38.1 Å². The zero-order valence-electron chi connectivity index (χ0n) is 13.8. The Morgan fingerprint density at radius 1 is 0.917 bits per heavy atom. The van der Waals surface area contributed by atoms with Crippen molar-refractivity contribution in [3.8, 4) is 0 Å². The Hall–Kier alpha value is -2.16. The maximum atomic E-state index is 9.51. The first kappa shape index (κ1) is 15.4. The molecule has 3 aromatic carbocycles. The van der Waals surface area contributed by atoms with E-state index >= 15 is 0 Å². The SMILES string of the molecule is ONC1CCCc2ccc3cc(CCc4ccccc4)ccc3c21. The number of aryl methyl sites for hydroxylation is 3. The van der Waals surface area contributed by atoms with Gasteiger partial charge < -0.3 is 5.21 Å². The maximum absolute atomic E-state index is 9.51. The average Bonchev–Trinajstić information content (AvgIpc) is 2.66. The van der Waals surface area contributed by atoms with E-state index in [1.807, 2.05) is 0 Å². The van der Waals surface area contributed by atoms with Crippen LogP contribution >= 0.6 is 0 Å². The predicted octanol–water partition coefficient (Wildman–Crippen LogP) is 4.98. The van der Waals surface area contributed by atoms with Gasteiger partial charge in [0.25, 0.3) is 0 Å². The van der Waals surface area contributed by atoms with E-state index in [0.717, 1.165) is 32.1 Å². The number of nitrogens with one attached hydrogen (secondary N) is 1. The van der Waals surface area contributed by atoms with Gasteiger partial charge in [-0.05, 0) is 65.1 Å². The predicted molar refractivity (Wildman–Crippen MR) is 98.4 cm³/mol. The van der Waals surface area contributed by atoms with Crippen LogP contribution in [-0.4, -0.2) is 5.21 Å². The standard InChI is InChI=1S/C22H23NO/c24-23-21-8-4-7-18-12-13-19-15-17(11-14-20(19)22(18)21)10-9-16-5-2-1-3-6-16/h1-3,5-6,11-15,21,23-24H,4,7-10H2. The number of fused-ring (bicyclic) bond motifs is 3. The minimum atomic E-state index is 0.0626. The van der Waals surface area contributed by atoms with Gasteiger partial charge in [0, 0.05) is 0 Å². The molecule has 0 radical (unpaired) electrons. The van der Waals surface area contributed by atoms with Gasteiger partial charge in [-0.1, -0.05) is 60.7 Å². The van der Waals surface area contributed by atoms with E-state index in [1.165, 1.54) is 33.0 Å². The fourth-order valence-electron chi connectivity index (χ4n) is 3.94. The fraction of sp³-hybridized carbons (Fsp3) is 0.273. The zero-order valence-corrected chi connectivity index (χ0v) is 13.8. The van der Waals surface area contributed by atoms with Crippen molar-refractivity contribution >= 4 is 10.8 Å². The molecule has 1 aliphatic carbocycles. The van der Waals surface area contributed by atoms with Crippen molar-refractivity contribution in [1.82, 2.24) is 5.48 Å². The van der Waals surface area contributed by atoms with Crippen LogP contribution in [-0.2, 0) is 19.3 Å². The molecule has 0 aromatic heterocycles. The Morgan fingerprint density at radius 2 is 1.75 bits per heavy atom. The summed E-state index contributed by atoms with van der Waals surface area (Å²) < 4.78 is 0. The molecular weight excluding hydrogens is 294 g/mol. The van der Waals surface area contributed by atoms with Crippen molar-refractivity contribution < 1.29 is 5.21 Å². The Morgan fingerprint density at radius 3 is 2.58 bits per heavy atom. The Labute approximate surface area is 143 Å². The van der Waals surface area contributed by atoms with E-state index in [4.69, 9.17) is 0 Å². The first-order valence-corrected chi connectivity index (χ1v) is 8.83. The first-order chi connectivity index (χ1) is 11.8. The topological polar surface area (TPSA) is 32.3 Å². The van der Waals surface area contributed by atoms with Gasteiger partial charge in [0.1, 0.15) is 0 Å². The lowest BCUT2D eigenvalue weighted by Crippen LogP contribution is -2.22. The Bertz CT molecular complexity index is 841. The summed E-state index contributed by atoms with van der Waals surface area (Å²) in [6.07, 6.45) is 5.36. The normalized spacial score (nSPS) is 17.0. The number of hydrogen-bond donors (Lipinski definition) is 2. The molecule has 0 amide bonds. The van der Waals surface area contributed by atoms with Gasteiger partial charge in [0.05, 0.1) is 6.04 Å². The molecular formula is C22H23NO. The zero-order chi connectivity index (χ0) is 16.4. The van der Waals surface area contributed by atoms with E-state index in [9.17, 15) is 5.21 Å². The highest BCUT2D eigenvalue weighted by atomic mass is 16.5. The van der Waals surface area contributed by atoms with E-state index in [1.54, 1.807) is 0 Å². The second-order valence-electron chi connectivity index (χ2n) is 6.75. The van der Waals surface area contributed by atoms with Crippen LogP contribution in [0, 0.1) is 0 Å². The van der Waals surface area contributed by atoms with Crippen LogP contribution in [0.3, 0.4) is 0 Å². The summed E-state index contributed by atoms with van der Waals surface area (Å²) in [4.78, 5) is 0. The molecule has 2 heteroatoms. The molecule has 122 valence electrons. The number of rotatable bonds is 4. The van der Waals surface area contributed by atoms with Gasteiger partial charge in [-0.25, -0.2) is 0 Å². The monoisotopic (exact) mass is 317 g/mol. The number of benzene rings is 3. The molecule has 4 rings (SSSR count). The second kappa shape index (κ2) is 6.76. The van der Waals surface area contributed by atoms with Gasteiger partial charge >= 0.3 is 0 Å². The highest BCUT2D eigenvalue weighted by molar-refractivity contribution is 5.88. The van der Waals surface area contributed by atoms with Crippen LogP contribution in [0.15, 0.2) is 60.7 Å². The molecule has 2 nitrogen and oxygen atoms in total. The van der Waals surface area contributed by atoms with E-state index < -0.39 is 0 Å². The van der Waals surface area contributed by atoms with Crippen molar-refractivity contribution in [1.29, 1.82) is 0 Å². The van der Waals surface area contributed by atoms with Gasteiger partial charge in [0.2, 0.25) is 0 Å². The number of hydroxylamine groups is 1. The fourth-order valence-corrected chi connectivity index (χ4v) is 3.94. The summed E-state index contributed by atoms with van der Waals surface area (Å²) in [6.45, 7) is 0. The van der Waals surface area contributed by atoms with Crippen molar-refractivity contribution in [3.63, 3.8) is 0 Å². The van der Waals surface area contributed by atoms with Crippen molar-refractivity contribution in [2.24, 2.45) is 0 Å². The molecule has 1 atom stereocenters. The van der Waals surface area contributed by atoms with Gasteiger partial charge in [-0.2, -0.15) is 5.48 Å². The first-order valence-electron chi connectivity index (χ1n) is 8.83. The third-order valence-electron chi connectivity index (χ3n) is 5.20. The summed E-state index contributed by atoms with van der Waals surface area (Å²) >= 11 is 0. The van der Waals surface area contributed by atoms with Crippen LogP contribution in [0.1, 0.15) is 41.1 Å². The summed E-state index contributed by atoms with van der Waals surface area (Å²) in [5.41, 5.74) is 7.93. The summed E-state index contributed by atoms with van der Waals surface area (Å²) in [7, 11) is 0. The molecule has 2 N–H and O–H groups in total. The molecule has 0 heterocycles. The minimum absolute atomic E-state index is 0.0626. The summed E-state index contributed by atoms with van der Waals surface area (Å²) in [6, 6.07) is 22.0.